The Morgan fingerprint density at radius 1 is 1.10 bits per heavy atom. The fourth-order valence-corrected chi connectivity index (χ4v) is 3.97. The molecule has 3 N–H and O–H groups in total. The highest BCUT2D eigenvalue weighted by atomic mass is 32.2. The Balaban J connectivity index is 2.05. The molecule has 1 aromatic carbocycles. The third kappa shape index (κ3) is 2.50. The largest absolute Gasteiger partial charge is 0.326 e. The van der Waals surface area contributed by atoms with Crippen LogP contribution in [0, 0.1) is 16.7 Å². The second-order valence-electron chi connectivity index (χ2n) is 6.70. The lowest BCUT2D eigenvalue weighted by Gasteiger charge is -2.08. The molecule has 0 heterocycles. The Morgan fingerprint density at radius 2 is 1.60 bits per heavy atom. The summed E-state index contributed by atoms with van der Waals surface area (Å²) in [4.78, 5) is 0.297. The summed E-state index contributed by atoms with van der Waals surface area (Å²) in [6.07, 6.45) is 0. The van der Waals surface area contributed by atoms with Gasteiger partial charge < -0.3 is 5.73 Å². The zero-order valence-electron chi connectivity index (χ0n) is 12.6. The molecule has 1 aliphatic rings. The molecule has 1 saturated carbocycles. The number of nitrogens with one attached hydrogen (secondary N) is 1. The maximum atomic E-state index is 12.2. The summed E-state index contributed by atoms with van der Waals surface area (Å²) in [5.41, 5.74) is 6.79. The van der Waals surface area contributed by atoms with Crippen LogP contribution in [0.3, 0.4) is 0 Å². The van der Waals surface area contributed by atoms with Crippen LogP contribution in [0.25, 0.3) is 0 Å². The van der Waals surface area contributed by atoms with Crippen molar-refractivity contribution in [2.75, 3.05) is 6.54 Å². The van der Waals surface area contributed by atoms with Crippen molar-refractivity contribution in [1.29, 1.82) is 0 Å². The molecule has 0 unspecified atom stereocenters. The highest BCUT2D eigenvalue weighted by molar-refractivity contribution is 7.89. The van der Waals surface area contributed by atoms with E-state index in [0.29, 0.717) is 23.9 Å². The van der Waals surface area contributed by atoms with Gasteiger partial charge in [0.2, 0.25) is 10.0 Å². The Bertz CT molecular complexity index is 575. The molecule has 5 heteroatoms. The van der Waals surface area contributed by atoms with Crippen molar-refractivity contribution in [1.82, 2.24) is 4.72 Å². The van der Waals surface area contributed by atoms with Crippen molar-refractivity contribution in [2.45, 2.75) is 39.1 Å². The molecule has 20 heavy (non-hydrogen) atoms. The van der Waals surface area contributed by atoms with Gasteiger partial charge in [-0.1, -0.05) is 39.8 Å². The second kappa shape index (κ2) is 4.83. The minimum atomic E-state index is -3.43. The van der Waals surface area contributed by atoms with E-state index in [1.165, 1.54) is 0 Å². The molecule has 1 aromatic rings. The van der Waals surface area contributed by atoms with E-state index in [-0.39, 0.29) is 10.8 Å². The van der Waals surface area contributed by atoms with Crippen molar-refractivity contribution in [3.63, 3.8) is 0 Å². The van der Waals surface area contributed by atoms with Gasteiger partial charge in [-0.2, -0.15) is 0 Å². The van der Waals surface area contributed by atoms with Gasteiger partial charge in [-0.15, -0.1) is 0 Å². The molecule has 0 aromatic heterocycles. The molecule has 1 fully saturated rings. The van der Waals surface area contributed by atoms with Gasteiger partial charge in [0, 0.05) is 13.1 Å². The SMILES string of the molecule is CC1(C)C(CNS(=O)(=O)c2ccc(CN)cc2)C1(C)C. The minimum absolute atomic E-state index is 0.179. The molecule has 112 valence electrons. The number of hydrogen-bond donors (Lipinski definition) is 2. The average Bonchev–Trinajstić information content (AvgIpc) is 2.77. The molecule has 0 atom stereocenters. The normalized spacial score (nSPS) is 20.9. The number of hydrogen-bond acceptors (Lipinski definition) is 3. The first-order chi connectivity index (χ1) is 9.13. The monoisotopic (exact) mass is 296 g/mol. The van der Waals surface area contributed by atoms with Crippen LogP contribution in [-0.2, 0) is 16.6 Å². The van der Waals surface area contributed by atoms with Crippen molar-refractivity contribution in [3.8, 4) is 0 Å². The van der Waals surface area contributed by atoms with Gasteiger partial charge in [-0.05, 0) is 34.4 Å². The summed E-state index contributed by atoms with van der Waals surface area (Å²) >= 11 is 0. The highest BCUT2D eigenvalue weighted by Gasteiger charge is 2.64. The van der Waals surface area contributed by atoms with E-state index in [1.54, 1.807) is 24.3 Å². The maximum absolute atomic E-state index is 12.2. The number of benzene rings is 1. The van der Waals surface area contributed by atoms with Gasteiger partial charge in [-0.25, -0.2) is 13.1 Å². The second-order valence-corrected chi connectivity index (χ2v) is 8.46. The van der Waals surface area contributed by atoms with Crippen LogP contribution >= 0.6 is 0 Å². The van der Waals surface area contributed by atoms with Crippen molar-refractivity contribution in [2.24, 2.45) is 22.5 Å². The Kier molecular flexibility index (Phi) is 3.73. The molecule has 0 radical (unpaired) electrons. The lowest BCUT2D eigenvalue weighted by molar-refractivity contribution is 0.457. The summed E-state index contributed by atoms with van der Waals surface area (Å²) in [6.45, 7) is 9.63. The minimum Gasteiger partial charge on any atom is -0.326 e. The van der Waals surface area contributed by atoms with Crippen LogP contribution in [0.2, 0.25) is 0 Å². The van der Waals surface area contributed by atoms with Gasteiger partial charge >= 0.3 is 0 Å². The lowest BCUT2D eigenvalue weighted by Crippen LogP contribution is -2.27. The maximum Gasteiger partial charge on any atom is 0.240 e. The quantitative estimate of drug-likeness (QED) is 0.874. The van der Waals surface area contributed by atoms with E-state index in [4.69, 9.17) is 5.73 Å². The first-order valence-electron chi connectivity index (χ1n) is 6.91. The first-order valence-corrected chi connectivity index (χ1v) is 8.40. The number of rotatable bonds is 5. The summed E-state index contributed by atoms with van der Waals surface area (Å²) < 4.78 is 27.2. The molecular weight excluding hydrogens is 272 g/mol. The molecule has 0 bridgehead atoms. The molecule has 0 amide bonds. The first kappa shape index (κ1) is 15.5. The van der Waals surface area contributed by atoms with Crippen molar-refractivity contribution < 1.29 is 8.42 Å². The summed E-state index contributed by atoms with van der Waals surface area (Å²) in [7, 11) is -3.43. The molecule has 0 aliphatic heterocycles. The number of nitrogens with two attached hydrogens (primary N) is 1. The van der Waals surface area contributed by atoms with Crippen molar-refractivity contribution in [3.05, 3.63) is 29.8 Å². The van der Waals surface area contributed by atoms with E-state index in [2.05, 4.69) is 32.4 Å². The molecule has 4 nitrogen and oxygen atoms in total. The zero-order valence-corrected chi connectivity index (χ0v) is 13.4. The predicted octanol–water partition coefficient (Wildman–Crippen LogP) is 2.11. The summed E-state index contributed by atoms with van der Waals surface area (Å²) in [6, 6.07) is 6.71. The number of sulfonamides is 1. The molecule has 0 spiro atoms. The van der Waals surface area contributed by atoms with Gasteiger partial charge in [0.05, 0.1) is 4.90 Å². The summed E-state index contributed by atoms with van der Waals surface area (Å²) in [5.74, 6) is 0.369. The fraction of sp³-hybridized carbons (Fsp3) is 0.600. The van der Waals surface area contributed by atoms with Gasteiger partial charge in [0.1, 0.15) is 0 Å². The predicted molar refractivity (Wildman–Crippen MR) is 80.6 cm³/mol. The highest BCUT2D eigenvalue weighted by Crippen LogP contribution is 2.67. The fourth-order valence-electron chi connectivity index (χ4n) is 2.92. The van der Waals surface area contributed by atoms with Gasteiger partial charge in [0.15, 0.2) is 0 Å². The summed E-state index contributed by atoms with van der Waals surface area (Å²) in [5, 5.41) is 0. The van der Waals surface area contributed by atoms with Gasteiger partial charge in [0.25, 0.3) is 0 Å². The van der Waals surface area contributed by atoms with Crippen molar-refractivity contribution >= 4 is 10.0 Å². The van der Waals surface area contributed by atoms with E-state index in [9.17, 15) is 8.42 Å². The van der Waals surface area contributed by atoms with E-state index in [0.717, 1.165) is 5.56 Å². The van der Waals surface area contributed by atoms with E-state index in [1.807, 2.05) is 0 Å². The average molecular weight is 296 g/mol. The van der Waals surface area contributed by atoms with E-state index < -0.39 is 10.0 Å². The lowest BCUT2D eigenvalue weighted by atomic mass is 10.0. The van der Waals surface area contributed by atoms with Crippen LogP contribution in [0.5, 0.6) is 0 Å². The van der Waals surface area contributed by atoms with Crippen LogP contribution in [0.4, 0.5) is 0 Å². The van der Waals surface area contributed by atoms with Crippen LogP contribution in [-0.4, -0.2) is 15.0 Å². The smallest absolute Gasteiger partial charge is 0.240 e. The third-order valence-electron chi connectivity index (χ3n) is 5.27. The molecule has 0 saturated heterocycles. The molecule has 2 rings (SSSR count). The Labute approximate surface area is 121 Å². The standard InChI is InChI=1S/C15H24N2O2S/c1-14(2)13(15(14,3)4)10-17-20(18,19)12-7-5-11(9-16)6-8-12/h5-8,13,17H,9-10,16H2,1-4H3. The zero-order chi connectivity index (χ0) is 15.2. The van der Waals surface area contributed by atoms with Crippen LogP contribution < -0.4 is 10.5 Å². The van der Waals surface area contributed by atoms with Crippen LogP contribution in [0.1, 0.15) is 33.3 Å². The van der Waals surface area contributed by atoms with E-state index >= 15 is 0 Å². The molecule has 1 aliphatic carbocycles. The Morgan fingerprint density at radius 3 is 2.00 bits per heavy atom. The topological polar surface area (TPSA) is 72.2 Å². The Hall–Kier alpha value is -0.910. The van der Waals surface area contributed by atoms with Crippen LogP contribution in [0.15, 0.2) is 29.2 Å². The third-order valence-corrected chi connectivity index (χ3v) is 6.71. The van der Waals surface area contributed by atoms with Gasteiger partial charge in [-0.3, -0.25) is 0 Å². The molecular formula is C15H24N2O2S.